The van der Waals surface area contributed by atoms with Crippen molar-refractivity contribution in [2.45, 2.75) is 19.4 Å². The van der Waals surface area contributed by atoms with Crippen LogP contribution < -0.4 is 9.47 Å². The summed E-state index contributed by atoms with van der Waals surface area (Å²) in [6, 6.07) is 4.94. The minimum absolute atomic E-state index is 0.0417. The third-order valence-electron chi connectivity index (χ3n) is 2.77. The van der Waals surface area contributed by atoms with Gasteiger partial charge in [-0.1, -0.05) is 6.07 Å². The zero-order valence-electron chi connectivity index (χ0n) is 12.2. The molecule has 0 saturated carbocycles. The van der Waals surface area contributed by atoms with E-state index in [-0.39, 0.29) is 18.3 Å². The molecule has 6 nitrogen and oxygen atoms in total. The van der Waals surface area contributed by atoms with E-state index in [4.69, 9.17) is 24.0 Å². The summed E-state index contributed by atoms with van der Waals surface area (Å²) in [5.74, 6) is 0.134. The van der Waals surface area contributed by atoms with Crippen LogP contribution in [0.15, 0.2) is 18.2 Å². The highest BCUT2D eigenvalue weighted by molar-refractivity contribution is 5.93. The number of hydrogen-bond donors (Lipinski definition) is 0. The van der Waals surface area contributed by atoms with E-state index in [1.807, 2.05) is 6.92 Å². The molecule has 6 heteroatoms. The molecular weight excluding hydrogens is 264 g/mol. The molecule has 0 bridgehead atoms. The minimum Gasteiger partial charge on any atom is -0.493 e. The Hall–Kier alpha value is -1.79. The van der Waals surface area contributed by atoms with Gasteiger partial charge in [0.2, 0.25) is 0 Å². The molecular formula is C14H20O6. The van der Waals surface area contributed by atoms with Crippen molar-refractivity contribution in [2.24, 2.45) is 0 Å². The van der Waals surface area contributed by atoms with Crippen LogP contribution in [0.25, 0.3) is 0 Å². The van der Waals surface area contributed by atoms with Crippen LogP contribution in [0.1, 0.15) is 23.7 Å². The van der Waals surface area contributed by atoms with Crippen molar-refractivity contribution < 1.29 is 28.8 Å². The SMILES string of the molecule is COc1cccc(C(=O)OOCCC(C)OC)c1OC. The van der Waals surface area contributed by atoms with Gasteiger partial charge in [-0.2, -0.15) is 4.89 Å². The smallest absolute Gasteiger partial charge is 0.376 e. The third kappa shape index (κ3) is 4.40. The van der Waals surface area contributed by atoms with Crippen molar-refractivity contribution in [3.63, 3.8) is 0 Å². The summed E-state index contributed by atoms with van der Waals surface area (Å²) in [6.45, 7) is 2.16. The summed E-state index contributed by atoms with van der Waals surface area (Å²) >= 11 is 0. The van der Waals surface area contributed by atoms with Gasteiger partial charge in [0.25, 0.3) is 0 Å². The largest absolute Gasteiger partial charge is 0.493 e. The second-order valence-electron chi connectivity index (χ2n) is 4.07. The molecule has 0 heterocycles. The molecule has 112 valence electrons. The first-order valence-corrected chi connectivity index (χ1v) is 6.21. The van der Waals surface area contributed by atoms with E-state index < -0.39 is 5.97 Å². The maximum Gasteiger partial charge on any atom is 0.376 e. The highest BCUT2D eigenvalue weighted by Gasteiger charge is 2.18. The van der Waals surface area contributed by atoms with Crippen LogP contribution in [0, 0.1) is 0 Å². The van der Waals surface area contributed by atoms with Crippen LogP contribution >= 0.6 is 0 Å². The van der Waals surface area contributed by atoms with E-state index in [1.165, 1.54) is 14.2 Å². The van der Waals surface area contributed by atoms with Crippen LogP contribution in [0.4, 0.5) is 0 Å². The van der Waals surface area contributed by atoms with Gasteiger partial charge >= 0.3 is 5.97 Å². The summed E-state index contributed by atoms with van der Waals surface area (Å²) in [5.41, 5.74) is 0.242. The van der Waals surface area contributed by atoms with Gasteiger partial charge in [0.05, 0.1) is 26.9 Å². The number of methoxy groups -OCH3 is 3. The normalized spacial score (nSPS) is 11.8. The van der Waals surface area contributed by atoms with E-state index in [0.29, 0.717) is 17.9 Å². The number of ether oxygens (including phenoxy) is 3. The first-order valence-electron chi connectivity index (χ1n) is 6.21. The Balaban J connectivity index is 2.59. The van der Waals surface area contributed by atoms with Crippen molar-refractivity contribution in [1.29, 1.82) is 0 Å². The second kappa shape index (κ2) is 8.39. The van der Waals surface area contributed by atoms with Crippen LogP contribution in [-0.4, -0.2) is 40.0 Å². The van der Waals surface area contributed by atoms with E-state index >= 15 is 0 Å². The lowest BCUT2D eigenvalue weighted by Crippen LogP contribution is -2.12. The van der Waals surface area contributed by atoms with Crippen LogP contribution in [0.3, 0.4) is 0 Å². The maximum absolute atomic E-state index is 11.9. The Kier molecular flexibility index (Phi) is 6.83. The lowest BCUT2D eigenvalue weighted by atomic mass is 10.2. The highest BCUT2D eigenvalue weighted by atomic mass is 17.2. The number of rotatable bonds is 8. The van der Waals surface area contributed by atoms with Gasteiger partial charge in [0.15, 0.2) is 11.5 Å². The van der Waals surface area contributed by atoms with Crippen LogP contribution in [0.5, 0.6) is 11.5 Å². The van der Waals surface area contributed by atoms with Gasteiger partial charge < -0.3 is 14.2 Å². The minimum atomic E-state index is -0.634. The lowest BCUT2D eigenvalue weighted by molar-refractivity contribution is -0.244. The fourth-order valence-electron chi connectivity index (χ4n) is 1.52. The Morgan fingerprint density at radius 2 is 1.95 bits per heavy atom. The van der Waals surface area contributed by atoms with E-state index in [9.17, 15) is 4.79 Å². The molecule has 0 amide bonds. The van der Waals surface area contributed by atoms with E-state index in [0.717, 1.165) is 0 Å². The topological polar surface area (TPSA) is 63.2 Å². The molecule has 0 aliphatic heterocycles. The Morgan fingerprint density at radius 1 is 1.20 bits per heavy atom. The Labute approximate surface area is 118 Å². The molecule has 0 aliphatic rings. The molecule has 1 aromatic carbocycles. The first kappa shape index (κ1) is 16.3. The van der Waals surface area contributed by atoms with Gasteiger partial charge in [0.1, 0.15) is 5.56 Å². The van der Waals surface area contributed by atoms with Gasteiger partial charge in [-0.25, -0.2) is 4.79 Å². The second-order valence-corrected chi connectivity index (χ2v) is 4.07. The summed E-state index contributed by atoms with van der Waals surface area (Å²) in [6.07, 6.45) is 0.666. The molecule has 0 N–H and O–H groups in total. The molecule has 20 heavy (non-hydrogen) atoms. The highest BCUT2D eigenvalue weighted by Crippen LogP contribution is 2.31. The van der Waals surface area contributed by atoms with E-state index in [1.54, 1.807) is 25.3 Å². The van der Waals surface area contributed by atoms with Gasteiger partial charge in [-0.15, -0.1) is 0 Å². The van der Waals surface area contributed by atoms with Gasteiger partial charge in [-0.3, -0.25) is 4.89 Å². The summed E-state index contributed by atoms with van der Waals surface area (Å²) in [4.78, 5) is 21.5. The average molecular weight is 284 g/mol. The molecule has 1 unspecified atom stereocenters. The molecule has 0 fully saturated rings. The molecule has 0 radical (unpaired) electrons. The Morgan fingerprint density at radius 3 is 2.55 bits per heavy atom. The molecule has 0 aliphatic carbocycles. The average Bonchev–Trinajstić information content (AvgIpc) is 2.49. The quantitative estimate of drug-likeness (QED) is 0.414. The van der Waals surface area contributed by atoms with Gasteiger partial charge in [-0.05, 0) is 19.1 Å². The van der Waals surface area contributed by atoms with Gasteiger partial charge in [0, 0.05) is 13.5 Å². The summed E-state index contributed by atoms with van der Waals surface area (Å²) < 4.78 is 15.3. The number of carbonyl (C=O) groups excluding carboxylic acids is 1. The summed E-state index contributed by atoms with van der Waals surface area (Å²) in [5, 5.41) is 0. The van der Waals surface area contributed by atoms with Crippen molar-refractivity contribution in [3.8, 4) is 11.5 Å². The molecule has 1 atom stereocenters. The fourth-order valence-corrected chi connectivity index (χ4v) is 1.52. The van der Waals surface area contributed by atoms with Crippen molar-refractivity contribution >= 4 is 5.97 Å². The van der Waals surface area contributed by atoms with Crippen LogP contribution in [-0.2, 0) is 14.5 Å². The fraction of sp³-hybridized carbons (Fsp3) is 0.500. The predicted octanol–water partition coefficient (Wildman–Crippen LogP) is 2.22. The first-order chi connectivity index (χ1) is 9.63. The molecule has 1 aromatic rings. The molecule has 0 saturated heterocycles. The zero-order valence-corrected chi connectivity index (χ0v) is 12.2. The monoisotopic (exact) mass is 284 g/mol. The molecule has 0 spiro atoms. The number of carbonyl (C=O) groups is 1. The lowest BCUT2D eigenvalue weighted by Gasteiger charge is -2.12. The van der Waals surface area contributed by atoms with Crippen LogP contribution in [0.2, 0.25) is 0 Å². The maximum atomic E-state index is 11.9. The standard InChI is InChI=1S/C14H20O6/c1-10(16-2)8-9-19-20-14(15)11-6-5-7-12(17-3)13(11)18-4/h5-7,10H,8-9H2,1-4H3. The van der Waals surface area contributed by atoms with E-state index in [2.05, 4.69) is 0 Å². The number of para-hydroxylation sites is 1. The number of hydrogen-bond acceptors (Lipinski definition) is 6. The van der Waals surface area contributed by atoms with Crippen molar-refractivity contribution in [2.75, 3.05) is 27.9 Å². The predicted molar refractivity (Wildman–Crippen MR) is 72.0 cm³/mol. The Bertz CT molecular complexity index is 432. The van der Waals surface area contributed by atoms with Crippen molar-refractivity contribution in [3.05, 3.63) is 23.8 Å². The molecule has 0 aromatic heterocycles. The van der Waals surface area contributed by atoms with Crippen molar-refractivity contribution in [1.82, 2.24) is 0 Å². The third-order valence-corrected chi connectivity index (χ3v) is 2.77. The molecule has 1 rings (SSSR count). The number of benzene rings is 1. The summed E-state index contributed by atoms with van der Waals surface area (Å²) in [7, 11) is 4.56. The zero-order chi connectivity index (χ0) is 15.0.